The lowest BCUT2D eigenvalue weighted by atomic mass is 9.90. The molecule has 1 aromatic heterocycles. The van der Waals surface area contributed by atoms with E-state index >= 15 is 0 Å². The predicted molar refractivity (Wildman–Crippen MR) is 47.9 cm³/mol. The second-order valence-electron chi connectivity index (χ2n) is 3.48. The molecule has 2 rings (SSSR count). The molecule has 4 heteroatoms. The Morgan fingerprint density at radius 2 is 2.46 bits per heavy atom. The van der Waals surface area contributed by atoms with Crippen LogP contribution in [0.4, 0.5) is 0 Å². The van der Waals surface area contributed by atoms with Crippen LogP contribution in [0.5, 0.6) is 0 Å². The molecule has 0 saturated carbocycles. The Labute approximate surface area is 76.9 Å². The van der Waals surface area contributed by atoms with Gasteiger partial charge in [-0.15, -0.1) is 10.2 Å². The van der Waals surface area contributed by atoms with Crippen molar-refractivity contribution in [2.75, 3.05) is 0 Å². The lowest BCUT2D eigenvalue weighted by Gasteiger charge is -2.25. The molecule has 0 radical (unpaired) electrons. The highest BCUT2D eigenvalue weighted by molar-refractivity contribution is 5.15. The lowest BCUT2D eigenvalue weighted by molar-refractivity contribution is 0.0600. The van der Waals surface area contributed by atoms with Crippen molar-refractivity contribution in [2.24, 2.45) is 7.05 Å². The molecule has 70 valence electrons. The van der Waals surface area contributed by atoms with Gasteiger partial charge in [-0.1, -0.05) is 6.08 Å². The van der Waals surface area contributed by atoms with E-state index in [2.05, 4.69) is 10.2 Å². The first kappa shape index (κ1) is 8.44. The van der Waals surface area contributed by atoms with Crippen molar-refractivity contribution in [3.63, 3.8) is 0 Å². The predicted octanol–water partition coefficient (Wildman–Crippen LogP) is 0.743. The van der Waals surface area contributed by atoms with Gasteiger partial charge < -0.3 is 9.67 Å². The van der Waals surface area contributed by atoms with Crippen LogP contribution in [0.3, 0.4) is 0 Å². The van der Waals surface area contributed by atoms with Crippen LogP contribution in [-0.4, -0.2) is 19.9 Å². The molecule has 0 bridgehead atoms. The van der Waals surface area contributed by atoms with Crippen LogP contribution in [-0.2, 0) is 12.6 Å². The van der Waals surface area contributed by atoms with Gasteiger partial charge in [0.15, 0.2) is 5.82 Å². The van der Waals surface area contributed by atoms with Gasteiger partial charge in [-0.3, -0.25) is 0 Å². The molecule has 1 atom stereocenters. The van der Waals surface area contributed by atoms with E-state index in [0.29, 0.717) is 5.82 Å². The molecule has 0 fully saturated rings. The van der Waals surface area contributed by atoms with E-state index in [1.54, 1.807) is 10.9 Å². The third-order valence-corrected chi connectivity index (χ3v) is 2.42. The van der Waals surface area contributed by atoms with Crippen molar-refractivity contribution in [2.45, 2.75) is 24.9 Å². The quantitative estimate of drug-likeness (QED) is 0.647. The second kappa shape index (κ2) is 2.96. The summed E-state index contributed by atoms with van der Waals surface area (Å²) in [6.45, 7) is 0. The zero-order chi connectivity index (χ0) is 9.31. The van der Waals surface area contributed by atoms with Crippen molar-refractivity contribution in [3.8, 4) is 0 Å². The average molecular weight is 179 g/mol. The first-order chi connectivity index (χ1) is 6.22. The smallest absolute Gasteiger partial charge is 0.168 e. The maximum absolute atomic E-state index is 10.2. The molecular formula is C9H13N3O. The Bertz CT molecular complexity index is 331. The third kappa shape index (κ3) is 1.37. The normalized spacial score (nSPS) is 27.8. The van der Waals surface area contributed by atoms with Gasteiger partial charge in [-0.2, -0.15) is 0 Å². The SMILES string of the molecule is Cn1cnnc1C1(O)C=CCCC1. The lowest BCUT2D eigenvalue weighted by Crippen LogP contribution is -2.28. The van der Waals surface area contributed by atoms with E-state index in [9.17, 15) is 5.11 Å². The number of aryl methyl sites for hydroxylation is 1. The van der Waals surface area contributed by atoms with Gasteiger partial charge in [0.05, 0.1) is 0 Å². The summed E-state index contributed by atoms with van der Waals surface area (Å²) in [6.07, 6.45) is 8.20. The summed E-state index contributed by atoms with van der Waals surface area (Å²) in [7, 11) is 1.84. The molecule has 1 heterocycles. The Balaban J connectivity index is 2.38. The van der Waals surface area contributed by atoms with E-state index in [1.165, 1.54) is 0 Å². The largest absolute Gasteiger partial charge is 0.378 e. The van der Waals surface area contributed by atoms with Crippen LogP contribution in [0, 0.1) is 0 Å². The van der Waals surface area contributed by atoms with Crippen molar-refractivity contribution < 1.29 is 5.11 Å². The fourth-order valence-corrected chi connectivity index (χ4v) is 1.71. The summed E-state index contributed by atoms with van der Waals surface area (Å²) in [5.41, 5.74) is -0.899. The summed E-state index contributed by atoms with van der Waals surface area (Å²) < 4.78 is 1.76. The molecular weight excluding hydrogens is 166 g/mol. The maximum atomic E-state index is 10.2. The standard InChI is InChI=1S/C9H13N3O/c1-12-7-10-11-8(12)9(13)5-3-2-4-6-9/h3,5,7,13H,2,4,6H2,1H3. The van der Waals surface area contributed by atoms with Crippen LogP contribution in [0.2, 0.25) is 0 Å². The minimum absolute atomic E-state index is 0.628. The van der Waals surface area contributed by atoms with Crippen LogP contribution >= 0.6 is 0 Å². The molecule has 1 aliphatic carbocycles. The van der Waals surface area contributed by atoms with Gasteiger partial charge in [0.2, 0.25) is 0 Å². The Morgan fingerprint density at radius 1 is 1.62 bits per heavy atom. The van der Waals surface area contributed by atoms with Crippen molar-refractivity contribution >= 4 is 0 Å². The molecule has 1 unspecified atom stereocenters. The summed E-state index contributed by atoms with van der Waals surface area (Å²) in [4.78, 5) is 0. The van der Waals surface area contributed by atoms with Crippen LogP contribution in [0.15, 0.2) is 18.5 Å². The third-order valence-electron chi connectivity index (χ3n) is 2.42. The van der Waals surface area contributed by atoms with Crippen LogP contribution in [0.1, 0.15) is 25.1 Å². The summed E-state index contributed by atoms with van der Waals surface area (Å²) >= 11 is 0. The highest BCUT2D eigenvalue weighted by atomic mass is 16.3. The molecule has 1 aromatic rings. The van der Waals surface area contributed by atoms with E-state index in [-0.39, 0.29) is 0 Å². The minimum atomic E-state index is -0.899. The number of nitrogens with zero attached hydrogens (tertiary/aromatic N) is 3. The monoisotopic (exact) mass is 179 g/mol. The van der Waals surface area contributed by atoms with E-state index < -0.39 is 5.60 Å². The topological polar surface area (TPSA) is 50.9 Å². The fourth-order valence-electron chi connectivity index (χ4n) is 1.71. The number of hydrogen-bond acceptors (Lipinski definition) is 3. The van der Waals surface area contributed by atoms with Gasteiger partial charge in [-0.25, -0.2) is 0 Å². The molecule has 0 amide bonds. The summed E-state index contributed by atoms with van der Waals surface area (Å²) in [5, 5.41) is 17.9. The van der Waals surface area contributed by atoms with E-state index in [1.807, 2.05) is 19.2 Å². The summed E-state index contributed by atoms with van der Waals surface area (Å²) in [6, 6.07) is 0. The number of allylic oxidation sites excluding steroid dienone is 1. The molecule has 0 aliphatic heterocycles. The number of rotatable bonds is 1. The summed E-state index contributed by atoms with van der Waals surface area (Å²) in [5.74, 6) is 0.628. The zero-order valence-corrected chi connectivity index (χ0v) is 7.64. The number of hydrogen-bond donors (Lipinski definition) is 1. The Kier molecular flexibility index (Phi) is 1.92. The average Bonchev–Trinajstić information content (AvgIpc) is 2.53. The fraction of sp³-hybridized carbons (Fsp3) is 0.556. The van der Waals surface area contributed by atoms with Crippen LogP contribution < -0.4 is 0 Å². The molecule has 1 aliphatic rings. The number of aromatic nitrogens is 3. The van der Waals surface area contributed by atoms with E-state index in [4.69, 9.17) is 0 Å². The molecule has 13 heavy (non-hydrogen) atoms. The second-order valence-corrected chi connectivity index (χ2v) is 3.48. The Morgan fingerprint density at radius 3 is 3.00 bits per heavy atom. The van der Waals surface area contributed by atoms with Crippen molar-refractivity contribution in [3.05, 3.63) is 24.3 Å². The minimum Gasteiger partial charge on any atom is -0.378 e. The van der Waals surface area contributed by atoms with Gasteiger partial charge in [0.25, 0.3) is 0 Å². The van der Waals surface area contributed by atoms with Gasteiger partial charge in [0.1, 0.15) is 11.9 Å². The van der Waals surface area contributed by atoms with Gasteiger partial charge >= 0.3 is 0 Å². The highest BCUT2D eigenvalue weighted by Gasteiger charge is 2.31. The van der Waals surface area contributed by atoms with Crippen molar-refractivity contribution in [1.29, 1.82) is 0 Å². The molecule has 0 saturated heterocycles. The Hall–Kier alpha value is -1.16. The first-order valence-corrected chi connectivity index (χ1v) is 4.47. The molecule has 4 nitrogen and oxygen atoms in total. The van der Waals surface area contributed by atoms with E-state index in [0.717, 1.165) is 19.3 Å². The van der Waals surface area contributed by atoms with Crippen molar-refractivity contribution in [1.82, 2.24) is 14.8 Å². The zero-order valence-electron chi connectivity index (χ0n) is 7.64. The first-order valence-electron chi connectivity index (χ1n) is 4.47. The highest BCUT2D eigenvalue weighted by Crippen LogP contribution is 2.30. The molecule has 0 aromatic carbocycles. The number of aliphatic hydroxyl groups is 1. The van der Waals surface area contributed by atoms with Gasteiger partial charge in [0, 0.05) is 7.05 Å². The van der Waals surface area contributed by atoms with Gasteiger partial charge in [-0.05, 0) is 25.3 Å². The van der Waals surface area contributed by atoms with Crippen LogP contribution in [0.25, 0.3) is 0 Å². The molecule has 1 N–H and O–H groups in total. The maximum Gasteiger partial charge on any atom is 0.168 e. The molecule has 0 spiro atoms.